The summed E-state index contributed by atoms with van der Waals surface area (Å²) in [6.45, 7) is 0.149. The third kappa shape index (κ3) is 6.16. The summed E-state index contributed by atoms with van der Waals surface area (Å²) < 4.78 is 80.1. The predicted molar refractivity (Wildman–Crippen MR) is 109 cm³/mol. The van der Waals surface area contributed by atoms with Crippen LogP contribution in [-0.4, -0.2) is 28.3 Å². The molecule has 184 valence electrons. The molecule has 1 aliphatic rings. The van der Waals surface area contributed by atoms with Gasteiger partial charge in [-0.2, -0.15) is 31.3 Å². The molecule has 0 radical (unpaired) electrons. The van der Waals surface area contributed by atoms with Crippen LogP contribution >= 0.6 is 0 Å². The molecule has 1 N–H and O–H groups in total. The number of nitrogens with zero attached hydrogens (tertiary/aromatic N) is 3. The SMILES string of the molecule is O=C(NCC1C/C1=N\OCc1cccc(C(F)(F)F)c1)c1ccc(-c2noc(C(F)(F)F)n2)cc1. The number of rotatable bonds is 7. The number of hydrogen-bond donors (Lipinski definition) is 1. The van der Waals surface area contributed by atoms with Crippen molar-refractivity contribution in [1.29, 1.82) is 0 Å². The van der Waals surface area contributed by atoms with Gasteiger partial charge in [0.05, 0.1) is 11.3 Å². The zero-order valence-electron chi connectivity index (χ0n) is 17.7. The minimum Gasteiger partial charge on any atom is -0.391 e. The van der Waals surface area contributed by atoms with Gasteiger partial charge >= 0.3 is 18.2 Å². The van der Waals surface area contributed by atoms with Crippen LogP contribution in [-0.2, 0) is 23.8 Å². The van der Waals surface area contributed by atoms with E-state index in [0.29, 0.717) is 17.7 Å². The van der Waals surface area contributed by atoms with Gasteiger partial charge in [0, 0.05) is 23.6 Å². The number of benzene rings is 2. The summed E-state index contributed by atoms with van der Waals surface area (Å²) in [5.74, 6) is -2.18. The molecule has 1 aliphatic carbocycles. The van der Waals surface area contributed by atoms with Crippen LogP contribution in [0.3, 0.4) is 0 Å². The Bertz CT molecular complexity index is 1230. The van der Waals surface area contributed by atoms with Gasteiger partial charge < -0.3 is 14.7 Å². The van der Waals surface area contributed by atoms with Crippen LogP contribution in [0.15, 0.2) is 58.2 Å². The number of nitrogens with one attached hydrogen (secondary N) is 1. The van der Waals surface area contributed by atoms with Gasteiger partial charge in [-0.3, -0.25) is 4.79 Å². The Hall–Kier alpha value is -3.90. The molecule has 0 bridgehead atoms. The summed E-state index contributed by atoms with van der Waals surface area (Å²) in [4.78, 5) is 20.7. The van der Waals surface area contributed by atoms with E-state index < -0.39 is 29.7 Å². The first-order valence-electron chi connectivity index (χ1n) is 10.1. The average Bonchev–Trinajstić information content (AvgIpc) is 3.34. The van der Waals surface area contributed by atoms with Gasteiger partial charge in [0.2, 0.25) is 5.82 Å². The smallest absolute Gasteiger partial charge is 0.391 e. The van der Waals surface area contributed by atoms with Crippen LogP contribution in [0.5, 0.6) is 0 Å². The van der Waals surface area contributed by atoms with E-state index in [1.165, 1.54) is 36.4 Å². The summed E-state index contributed by atoms with van der Waals surface area (Å²) in [6, 6.07) is 10.4. The second-order valence-electron chi connectivity index (χ2n) is 7.66. The minimum absolute atomic E-state index is 0.0557. The summed E-state index contributed by atoms with van der Waals surface area (Å²) >= 11 is 0. The fourth-order valence-corrected chi connectivity index (χ4v) is 3.07. The Morgan fingerprint density at radius 3 is 2.49 bits per heavy atom. The second kappa shape index (κ2) is 9.39. The van der Waals surface area contributed by atoms with Gasteiger partial charge in [-0.15, -0.1) is 0 Å². The first-order chi connectivity index (χ1) is 16.5. The maximum atomic E-state index is 12.7. The number of carbonyl (C=O) groups is 1. The van der Waals surface area contributed by atoms with Crippen molar-refractivity contribution < 1.29 is 40.5 Å². The van der Waals surface area contributed by atoms with Crippen LogP contribution in [0.2, 0.25) is 0 Å². The maximum absolute atomic E-state index is 12.7. The normalized spacial score (nSPS) is 16.9. The molecule has 0 saturated heterocycles. The number of alkyl halides is 6. The minimum atomic E-state index is -4.75. The first kappa shape index (κ1) is 24.2. The number of aromatic nitrogens is 2. The first-order valence-corrected chi connectivity index (χ1v) is 10.1. The van der Waals surface area contributed by atoms with Gasteiger partial charge in [0.25, 0.3) is 5.91 Å². The highest BCUT2D eigenvalue weighted by atomic mass is 19.4. The van der Waals surface area contributed by atoms with E-state index in [-0.39, 0.29) is 36.0 Å². The van der Waals surface area contributed by atoms with Gasteiger partial charge in [-0.1, -0.05) is 34.6 Å². The fraction of sp³-hybridized carbons (Fsp3) is 0.273. The summed E-state index contributed by atoms with van der Waals surface area (Å²) in [7, 11) is 0. The number of oxime groups is 1. The molecule has 35 heavy (non-hydrogen) atoms. The van der Waals surface area contributed by atoms with Crippen LogP contribution in [0, 0.1) is 5.92 Å². The molecule has 1 saturated carbocycles. The molecule has 1 atom stereocenters. The highest BCUT2D eigenvalue weighted by Gasteiger charge is 2.38. The second-order valence-corrected chi connectivity index (χ2v) is 7.66. The molecule has 2 aromatic carbocycles. The maximum Gasteiger partial charge on any atom is 0.471 e. The number of hydrogen-bond acceptors (Lipinski definition) is 6. The molecule has 0 aliphatic heterocycles. The van der Waals surface area contributed by atoms with Crippen molar-refractivity contribution in [3.05, 3.63) is 71.1 Å². The molecule has 1 heterocycles. The molecule has 7 nitrogen and oxygen atoms in total. The molecule has 0 spiro atoms. The van der Waals surface area contributed by atoms with Crippen LogP contribution in [0.1, 0.15) is 33.8 Å². The van der Waals surface area contributed by atoms with Crippen molar-refractivity contribution in [3.63, 3.8) is 0 Å². The third-order valence-corrected chi connectivity index (χ3v) is 5.02. The predicted octanol–water partition coefficient (Wildman–Crippen LogP) is 5.10. The van der Waals surface area contributed by atoms with Crippen LogP contribution in [0.25, 0.3) is 11.4 Å². The lowest BCUT2D eigenvalue weighted by atomic mass is 10.1. The highest BCUT2D eigenvalue weighted by molar-refractivity contribution is 6.02. The Labute approximate surface area is 193 Å². The molecule has 1 fully saturated rings. The summed E-state index contributed by atoms with van der Waals surface area (Å²) in [6.07, 6.45) is -8.62. The Kier molecular flexibility index (Phi) is 6.50. The summed E-state index contributed by atoms with van der Waals surface area (Å²) in [5, 5.41) is 9.89. The Balaban J connectivity index is 1.24. The van der Waals surface area contributed by atoms with E-state index >= 15 is 0 Å². The van der Waals surface area contributed by atoms with Crippen LogP contribution in [0.4, 0.5) is 26.3 Å². The number of carbonyl (C=O) groups excluding carboxylic acids is 1. The molecular weight excluding hydrogens is 482 g/mol. The zero-order valence-corrected chi connectivity index (χ0v) is 17.7. The van der Waals surface area contributed by atoms with Crippen molar-refractivity contribution in [3.8, 4) is 11.4 Å². The number of halogens is 6. The van der Waals surface area contributed by atoms with Crippen LogP contribution < -0.4 is 5.32 Å². The van der Waals surface area contributed by atoms with Crippen molar-refractivity contribution in [2.24, 2.45) is 11.1 Å². The largest absolute Gasteiger partial charge is 0.471 e. The Morgan fingerprint density at radius 1 is 1.09 bits per heavy atom. The lowest BCUT2D eigenvalue weighted by Gasteiger charge is -2.07. The number of amides is 1. The topological polar surface area (TPSA) is 89.6 Å². The molecule has 1 amide bonds. The van der Waals surface area contributed by atoms with Crippen molar-refractivity contribution >= 4 is 11.6 Å². The molecule has 1 aromatic heterocycles. The van der Waals surface area contributed by atoms with E-state index in [1.54, 1.807) is 0 Å². The monoisotopic (exact) mass is 498 g/mol. The van der Waals surface area contributed by atoms with E-state index in [2.05, 4.69) is 25.1 Å². The highest BCUT2D eigenvalue weighted by Crippen LogP contribution is 2.31. The molecule has 4 rings (SSSR count). The standard InChI is InChI=1S/C22H16F6N4O3/c23-21(24,25)16-3-1-2-12(8-16)11-34-31-17-9-15(17)10-29-19(33)14-6-4-13(5-7-14)18-30-20(35-32-18)22(26,27)28/h1-8,15H,9-11H2,(H,29,33)/b31-17+. The van der Waals surface area contributed by atoms with Crippen molar-refractivity contribution in [1.82, 2.24) is 15.5 Å². The molecule has 3 aromatic rings. The van der Waals surface area contributed by atoms with E-state index in [1.807, 2.05) is 0 Å². The van der Waals surface area contributed by atoms with Crippen molar-refractivity contribution in [2.75, 3.05) is 6.54 Å². The van der Waals surface area contributed by atoms with Gasteiger partial charge in [-0.05, 0) is 36.2 Å². The van der Waals surface area contributed by atoms with Gasteiger partial charge in [0.15, 0.2) is 0 Å². The lowest BCUT2D eigenvalue weighted by molar-refractivity contribution is -0.159. The zero-order chi connectivity index (χ0) is 25.2. The van der Waals surface area contributed by atoms with E-state index in [0.717, 1.165) is 12.1 Å². The molecular formula is C22H16F6N4O3. The van der Waals surface area contributed by atoms with Gasteiger partial charge in [-0.25, -0.2) is 0 Å². The fourth-order valence-electron chi connectivity index (χ4n) is 3.07. The quantitative estimate of drug-likeness (QED) is 0.362. The summed E-state index contributed by atoms with van der Waals surface area (Å²) in [5.41, 5.74) is 0.747. The van der Waals surface area contributed by atoms with E-state index in [9.17, 15) is 31.1 Å². The van der Waals surface area contributed by atoms with Gasteiger partial charge in [0.1, 0.15) is 6.61 Å². The molecule has 1 unspecified atom stereocenters. The third-order valence-electron chi connectivity index (χ3n) is 5.02. The lowest BCUT2D eigenvalue weighted by Crippen LogP contribution is -2.25. The van der Waals surface area contributed by atoms with Crippen molar-refractivity contribution in [2.45, 2.75) is 25.4 Å². The molecule has 13 heteroatoms. The average molecular weight is 498 g/mol. The van der Waals surface area contributed by atoms with E-state index in [4.69, 9.17) is 4.84 Å². The Morgan fingerprint density at radius 2 is 1.83 bits per heavy atom.